The Bertz CT molecular complexity index is 337. The van der Waals surface area contributed by atoms with Crippen molar-refractivity contribution < 1.29 is 4.79 Å². The normalized spacial score (nSPS) is 12.2. The van der Waals surface area contributed by atoms with Crippen LogP contribution in [0.3, 0.4) is 0 Å². The molecule has 0 spiro atoms. The molecule has 1 aromatic carbocycles. The predicted octanol–water partition coefficient (Wildman–Crippen LogP) is 2.13. The fourth-order valence-electron chi connectivity index (χ4n) is 1.52. The molecule has 0 radical (unpaired) electrons. The first-order valence-electron chi connectivity index (χ1n) is 5.36. The molecule has 0 heterocycles. The van der Waals surface area contributed by atoms with E-state index in [0.717, 1.165) is 12.0 Å². The van der Waals surface area contributed by atoms with E-state index in [-0.39, 0.29) is 11.9 Å². The zero-order valence-corrected chi connectivity index (χ0v) is 10.3. The number of rotatable bonds is 5. The Balaban J connectivity index is 2.67. The van der Waals surface area contributed by atoms with Crippen molar-refractivity contribution in [1.29, 1.82) is 0 Å². The molecule has 0 saturated heterocycles. The third-order valence-corrected chi connectivity index (χ3v) is 2.61. The van der Waals surface area contributed by atoms with Gasteiger partial charge in [0.2, 0.25) is 5.91 Å². The van der Waals surface area contributed by atoms with Gasteiger partial charge in [0.25, 0.3) is 0 Å². The summed E-state index contributed by atoms with van der Waals surface area (Å²) in [6.45, 7) is 2.38. The first kappa shape index (κ1) is 13.0. The van der Waals surface area contributed by atoms with Gasteiger partial charge in [-0.25, -0.2) is 0 Å². The van der Waals surface area contributed by atoms with Crippen LogP contribution in [0.1, 0.15) is 24.9 Å². The number of likely N-dealkylation sites (N-methyl/N-ethyl adjacent to an activating group) is 1. The van der Waals surface area contributed by atoms with Gasteiger partial charge in [0.05, 0.1) is 12.6 Å². The number of halogens is 1. The van der Waals surface area contributed by atoms with Gasteiger partial charge in [-0.05, 0) is 31.2 Å². The molecule has 2 N–H and O–H groups in total. The summed E-state index contributed by atoms with van der Waals surface area (Å²) >= 11 is 5.82. The molecule has 0 aromatic heterocycles. The fourth-order valence-corrected chi connectivity index (χ4v) is 1.65. The maximum absolute atomic E-state index is 11.5. The molecule has 1 atom stereocenters. The lowest BCUT2D eigenvalue weighted by Gasteiger charge is -2.17. The second-order valence-electron chi connectivity index (χ2n) is 3.61. The monoisotopic (exact) mass is 240 g/mol. The average Bonchev–Trinajstić information content (AvgIpc) is 2.27. The molecule has 1 amide bonds. The molecular formula is C12H17ClN2O. The number of benzene rings is 1. The number of amides is 1. The highest BCUT2D eigenvalue weighted by Crippen LogP contribution is 2.18. The van der Waals surface area contributed by atoms with Gasteiger partial charge in [0.1, 0.15) is 0 Å². The summed E-state index contributed by atoms with van der Waals surface area (Å²) in [5.41, 5.74) is 1.08. The van der Waals surface area contributed by atoms with Crippen molar-refractivity contribution in [3.05, 3.63) is 34.9 Å². The Morgan fingerprint density at radius 1 is 1.38 bits per heavy atom. The Hall–Kier alpha value is -1.06. The van der Waals surface area contributed by atoms with Crippen LogP contribution in [0.5, 0.6) is 0 Å². The van der Waals surface area contributed by atoms with Crippen LogP contribution < -0.4 is 10.6 Å². The van der Waals surface area contributed by atoms with Crippen molar-refractivity contribution in [1.82, 2.24) is 10.6 Å². The van der Waals surface area contributed by atoms with Gasteiger partial charge in [-0.15, -0.1) is 0 Å². The quantitative estimate of drug-likeness (QED) is 0.828. The van der Waals surface area contributed by atoms with Gasteiger partial charge >= 0.3 is 0 Å². The smallest absolute Gasteiger partial charge is 0.234 e. The molecule has 1 aromatic rings. The van der Waals surface area contributed by atoms with Crippen LogP contribution in [-0.2, 0) is 4.79 Å². The van der Waals surface area contributed by atoms with Gasteiger partial charge in [0, 0.05) is 5.02 Å². The fraction of sp³-hybridized carbons (Fsp3) is 0.417. The third-order valence-electron chi connectivity index (χ3n) is 2.35. The number of hydrogen-bond acceptors (Lipinski definition) is 2. The topological polar surface area (TPSA) is 41.1 Å². The number of nitrogens with one attached hydrogen (secondary N) is 2. The molecule has 16 heavy (non-hydrogen) atoms. The van der Waals surface area contributed by atoms with Crippen LogP contribution in [0.2, 0.25) is 5.02 Å². The van der Waals surface area contributed by atoms with Crippen LogP contribution in [-0.4, -0.2) is 19.5 Å². The third kappa shape index (κ3) is 3.83. The minimum absolute atomic E-state index is 0.00398. The second-order valence-corrected chi connectivity index (χ2v) is 4.05. The molecule has 0 fully saturated rings. The van der Waals surface area contributed by atoms with Crippen molar-refractivity contribution in [2.45, 2.75) is 19.4 Å². The van der Waals surface area contributed by atoms with Gasteiger partial charge in [-0.3, -0.25) is 4.79 Å². The molecule has 0 saturated carbocycles. The van der Waals surface area contributed by atoms with E-state index in [2.05, 4.69) is 10.6 Å². The van der Waals surface area contributed by atoms with Crippen LogP contribution in [0, 0.1) is 0 Å². The maximum Gasteiger partial charge on any atom is 0.234 e. The zero-order valence-electron chi connectivity index (χ0n) is 9.59. The minimum Gasteiger partial charge on any atom is -0.348 e. The highest BCUT2D eigenvalue weighted by atomic mass is 35.5. The Morgan fingerprint density at radius 2 is 2.00 bits per heavy atom. The van der Waals surface area contributed by atoms with Crippen LogP contribution >= 0.6 is 11.6 Å². The molecule has 1 rings (SSSR count). The summed E-state index contributed by atoms with van der Waals surface area (Å²) < 4.78 is 0. The molecule has 88 valence electrons. The van der Waals surface area contributed by atoms with Gasteiger partial charge in [0.15, 0.2) is 0 Å². The summed E-state index contributed by atoms with van der Waals surface area (Å²) in [5, 5.41) is 6.49. The van der Waals surface area contributed by atoms with Gasteiger partial charge in [-0.2, -0.15) is 0 Å². The molecular weight excluding hydrogens is 224 g/mol. The molecule has 4 heteroatoms. The summed E-state index contributed by atoms with van der Waals surface area (Å²) in [4.78, 5) is 11.5. The SMILES string of the molecule is CCC(NC(=O)CNC)c1ccc(Cl)cc1. The molecule has 0 aliphatic rings. The van der Waals surface area contributed by atoms with E-state index in [1.54, 1.807) is 7.05 Å². The molecule has 0 aliphatic carbocycles. The Morgan fingerprint density at radius 3 is 2.50 bits per heavy atom. The maximum atomic E-state index is 11.5. The van der Waals surface area contributed by atoms with E-state index in [1.165, 1.54) is 0 Å². The number of carbonyl (C=O) groups is 1. The number of hydrogen-bond donors (Lipinski definition) is 2. The Kier molecular flexibility index (Phi) is 5.29. The largest absolute Gasteiger partial charge is 0.348 e. The van der Waals surface area contributed by atoms with Crippen molar-refractivity contribution >= 4 is 17.5 Å². The summed E-state index contributed by atoms with van der Waals surface area (Å²) in [6, 6.07) is 7.61. The molecule has 3 nitrogen and oxygen atoms in total. The van der Waals surface area contributed by atoms with E-state index >= 15 is 0 Å². The predicted molar refractivity (Wildman–Crippen MR) is 66.6 cm³/mol. The summed E-state index contributed by atoms with van der Waals surface area (Å²) in [6.07, 6.45) is 0.858. The summed E-state index contributed by atoms with van der Waals surface area (Å²) in [5.74, 6) is 0.00398. The van der Waals surface area contributed by atoms with E-state index in [4.69, 9.17) is 11.6 Å². The number of carbonyl (C=O) groups excluding carboxylic acids is 1. The zero-order chi connectivity index (χ0) is 12.0. The Labute approximate surface area is 101 Å². The lowest BCUT2D eigenvalue weighted by Crippen LogP contribution is -2.34. The summed E-state index contributed by atoms with van der Waals surface area (Å²) in [7, 11) is 1.75. The van der Waals surface area contributed by atoms with Crippen molar-refractivity contribution in [3.8, 4) is 0 Å². The first-order valence-corrected chi connectivity index (χ1v) is 5.74. The minimum atomic E-state index is 0.00398. The first-order chi connectivity index (χ1) is 7.67. The van der Waals surface area contributed by atoms with E-state index in [1.807, 2.05) is 31.2 Å². The lowest BCUT2D eigenvalue weighted by molar-refractivity contribution is -0.120. The van der Waals surface area contributed by atoms with Crippen molar-refractivity contribution in [3.63, 3.8) is 0 Å². The van der Waals surface area contributed by atoms with Gasteiger partial charge < -0.3 is 10.6 Å². The standard InChI is InChI=1S/C12H17ClN2O/c1-3-11(15-12(16)8-14-2)9-4-6-10(13)7-5-9/h4-7,11,14H,3,8H2,1-2H3,(H,15,16). The second kappa shape index (κ2) is 6.51. The van der Waals surface area contributed by atoms with E-state index < -0.39 is 0 Å². The highest BCUT2D eigenvalue weighted by molar-refractivity contribution is 6.30. The average molecular weight is 241 g/mol. The van der Waals surface area contributed by atoms with Crippen LogP contribution in [0.4, 0.5) is 0 Å². The lowest BCUT2D eigenvalue weighted by atomic mass is 10.0. The van der Waals surface area contributed by atoms with E-state index in [0.29, 0.717) is 11.6 Å². The van der Waals surface area contributed by atoms with Crippen molar-refractivity contribution in [2.75, 3.05) is 13.6 Å². The van der Waals surface area contributed by atoms with Crippen LogP contribution in [0.25, 0.3) is 0 Å². The molecule has 1 unspecified atom stereocenters. The van der Waals surface area contributed by atoms with Crippen LogP contribution in [0.15, 0.2) is 24.3 Å². The highest BCUT2D eigenvalue weighted by Gasteiger charge is 2.11. The van der Waals surface area contributed by atoms with E-state index in [9.17, 15) is 4.79 Å². The van der Waals surface area contributed by atoms with Crippen molar-refractivity contribution in [2.24, 2.45) is 0 Å². The molecule has 0 aliphatic heterocycles. The van der Waals surface area contributed by atoms with Gasteiger partial charge in [-0.1, -0.05) is 30.7 Å². The molecule has 0 bridgehead atoms.